The minimum absolute atomic E-state index is 0.322. The number of halogens is 2. The lowest BCUT2D eigenvalue weighted by Crippen LogP contribution is -2.12. The summed E-state index contributed by atoms with van der Waals surface area (Å²) in [6.45, 7) is 0. The summed E-state index contributed by atoms with van der Waals surface area (Å²) in [7, 11) is 0. The van der Waals surface area contributed by atoms with Crippen molar-refractivity contribution in [3.63, 3.8) is 0 Å². The van der Waals surface area contributed by atoms with E-state index in [1.807, 2.05) is 0 Å². The summed E-state index contributed by atoms with van der Waals surface area (Å²) in [4.78, 5) is 3.45. The van der Waals surface area contributed by atoms with Crippen molar-refractivity contribution in [1.82, 2.24) is 4.98 Å². The van der Waals surface area contributed by atoms with E-state index >= 15 is 0 Å². The summed E-state index contributed by atoms with van der Waals surface area (Å²) < 4.78 is 25.6. The van der Waals surface area contributed by atoms with Crippen molar-refractivity contribution in [2.24, 2.45) is 5.73 Å². The van der Waals surface area contributed by atoms with Crippen molar-refractivity contribution in [2.45, 2.75) is 6.04 Å². The molecule has 0 aliphatic carbocycles. The molecular weight excluding hydrogens is 210 g/mol. The van der Waals surface area contributed by atoms with Gasteiger partial charge in [-0.2, -0.15) is 4.39 Å². The Hall–Kier alpha value is -1.81. The highest BCUT2D eigenvalue weighted by Crippen LogP contribution is 2.19. The average molecular weight is 220 g/mol. The van der Waals surface area contributed by atoms with Gasteiger partial charge in [0.25, 0.3) is 0 Å². The molecule has 0 bridgehead atoms. The van der Waals surface area contributed by atoms with Gasteiger partial charge in [-0.3, -0.25) is 0 Å². The molecule has 0 aliphatic heterocycles. The number of pyridine rings is 1. The second kappa shape index (κ2) is 4.37. The van der Waals surface area contributed by atoms with E-state index in [0.717, 1.165) is 5.56 Å². The van der Waals surface area contributed by atoms with Crippen molar-refractivity contribution in [3.05, 3.63) is 65.5 Å². The molecule has 2 aromatic rings. The molecule has 0 aliphatic rings. The van der Waals surface area contributed by atoms with Gasteiger partial charge in [0.05, 0.1) is 6.04 Å². The zero-order chi connectivity index (χ0) is 11.5. The van der Waals surface area contributed by atoms with Gasteiger partial charge >= 0.3 is 0 Å². The van der Waals surface area contributed by atoms with Crippen molar-refractivity contribution >= 4 is 0 Å². The van der Waals surface area contributed by atoms with Crippen LogP contribution in [0.15, 0.2) is 42.6 Å². The molecule has 1 aromatic heterocycles. The number of nitrogens with zero attached hydrogens (tertiary/aromatic N) is 1. The molecule has 82 valence electrons. The zero-order valence-electron chi connectivity index (χ0n) is 8.40. The quantitative estimate of drug-likeness (QED) is 0.789. The van der Waals surface area contributed by atoms with E-state index in [-0.39, 0.29) is 5.82 Å². The Morgan fingerprint density at radius 2 is 1.69 bits per heavy atom. The molecule has 2 nitrogen and oxygen atoms in total. The number of aromatic nitrogens is 1. The van der Waals surface area contributed by atoms with Crippen LogP contribution in [0.1, 0.15) is 17.2 Å². The van der Waals surface area contributed by atoms with Crippen molar-refractivity contribution in [3.8, 4) is 0 Å². The third-order valence-corrected chi connectivity index (χ3v) is 2.34. The van der Waals surface area contributed by atoms with Gasteiger partial charge in [0.1, 0.15) is 5.82 Å². The average Bonchev–Trinajstić information content (AvgIpc) is 2.29. The predicted octanol–water partition coefficient (Wildman–Crippen LogP) is 2.41. The van der Waals surface area contributed by atoms with E-state index in [1.54, 1.807) is 18.2 Å². The summed E-state index contributed by atoms with van der Waals surface area (Å²) in [6, 6.07) is 8.25. The Morgan fingerprint density at radius 1 is 1.00 bits per heavy atom. The van der Waals surface area contributed by atoms with Crippen LogP contribution in [0.2, 0.25) is 0 Å². The van der Waals surface area contributed by atoms with Gasteiger partial charge in [-0.05, 0) is 35.4 Å². The fourth-order valence-electron chi connectivity index (χ4n) is 1.47. The Kier molecular flexibility index (Phi) is 2.92. The van der Waals surface area contributed by atoms with Gasteiger partial charge in [0.2, 0.25) is 5.95 Å². The van der Waals surface area contributed by atoms with Gasteiger partial charge in [-0.15, -0.1) is 0 Å². The summed E-state index contributed by atoms with van der Waals surface area (Å²) in [5.74, 6) is -0.896. The summed E-state index contributed by atoms with van der Waals surface area (Å²) in [6.07, 6.45) is 1.36. The molecule has 1 aromatic carbocycles. The van der Waals surface area contributed by atoms with Crippen LogP contribution < -0.4 is 5.73 Å². The van der Waals surface area contributed by atoms with E-state index in [1.165, 1.54) is 24.4 Å². The standard InChI is InChI=1S/C12H10F2N2/c13-10-3-1-8(2-4-10)12(15)9-5-6-16-11(14)7-9/h1-7,12H,15H2. The third kappa shape index (κ3) is 2.23. The van der Waals surface area contributed by atoms with E-state index in [0.29, 0.717) is 5.56 Å². The molecule has 1 unspecified atom stereocenters. The maximum absolute atomic E-state index is 12.9. The van der Waals surface area contributed by atoms with Crippen LogP contribution in [0.5, 0.6) is 0 Å². The molecule has 4 heteroatoms. The normalized spacial score (nSPS) is 12.4. The van der Waals surface area contributed by atoms with Crippen molar-refractivity contribution < 1.29 is 8.78 Å². The zero-order valence-corrected chi connectivity index (χ0v) is 8.40. The minimum atomic E-state index is -0.574. The third-order valence-electron chi connectivity index (χ3n) is 2.34. The first-order chi connectivity index (χ1) is 7.66. The number of hydrogen-bond donors (Lipinski definition) is 1. The molecular formula is C12H10F2N2. The highest BCUT2D eigenvalue weighted by atomic mass is 19.1. The summed E-state index contributed by atoms with van der Waals surface area (Å²) in [5, 5.41) is 0. The monoisotopic (exact) mass is 220 g/mol. The molecule has 0 radical (unpaired) electrons. The second-order valence-electron chi connectivity index (χ2n) is 3.44. The first-order valence-electron chi connectivity index (χ1n) is 4.79. The SMILES string of the molecule is NC(c1ccc(F)cc1)c1ccnc(F)c1. The van der Waals surface area contributed by atoms with Gasteiger partial charge in [-0.25, -0.2) is 9.37 Å². The molecule has 1 heterocycles. The Morgan fingerprint density at radius 3 is 2.31 bits per heavy atom. The van der Waals surface area contributed by atoms with Crippen LogP contribution in [-0.2, 0) is 0 Å². The molecule has 1 atom stereocenters. The highest BCUT2D eigenvalue weighted by molar-refractivity contribution is 5.30. The first kappa shape index (κ1) is 10.7. The predicted molar refractivity (Wildman–Crippen MR) is 56.6 cm³/mol. The van der Waals surface area contributed by atoms with Crippen molar-refractivity contribution in [2.75, 3.05) is 0 Å². The van der Waals surface area contributed by atoms with Crippen LogP contribution >= 0.6 is 0 Å². The van der Waals surface area contributed by atoms with Gasteiger partial charge in [0, 0.05) is 6.20 Å². The second-order valence-corrected chi connectivity index (χ2v) is 3.44. The largest absolute Gasteiger partial charge is 0.320 e. The lowest BCUT2D eigenvalue weighted by atomic mass is 10.0. The number of nitrogens with two attached hydrogens (primary N) is 1. The summed E-state index contributed by atoms with van der Waals surface area (Å²) >= 11 is 0. The Balaban J connectivity index is 2.31. The Labute approximate surface area is 91.7 Å². The van der Waals surface area contributed by atoms with E-state index in [9.17, 15) is 8.78 Å². The topological polar surface area (TPSA) is 38.9 Å². The smallest absolute Gasteiger partial charge is 0.213 e. The lowest BCUT2D eigenvalue weighted by molar-refractivity contribution is 0.579. The van der Waals surface area contributed by atoms with Gasteiger partial charge in [0.15, 0.2) is 0 Å². The van der Waals surface area contributed by atoms with Gasteiger partial charge in [-0.1, -0.05) is 12.1 Å². The van der Waals surface area contributed by atoms with E-state index < -0.39 is 12.0 Å². The lowest BCUT2D eigenvalue weighted by Gasteiger charge is -2.12. The summed E-state index contributed by atoms with van der Waals surface area (Å²) in [5.41, 5.74) is 7.26. The molecule has 0 saturated carbocycles. The van der Waals surface area contributed by atoms with Gasteiger partial charge < -0.3 is 5.73 Å². The minimum Gasteiger partial charge on any atom is -0.320 e. The molecule has 16 heavy (non-hydrogen) atoms. The molecule has 2 rings (SSSR count). The van der Waals surface area contributed by atoms with E-state index in [2.05, 4.69) is 4.98 Å². The Bertz CT molecular complexity index is 483. The van der Waals surface area contributed by atoms with Crippen LogP contribution in [0, 0.1) is 11.8 Å². The first-order valence-corrected chi connectivity index (χ1v) is 4.79. The van der Waals surface area contributed by atoms with Crippen LogP contribution in [0.3, 0.4) is 0 Å². The van der Waals surface area contributed by atoms with Crippen LogP contribution in [0.25, 0.3) is 0 Å². The molecule has 2 N–H and O–H groups in total. The highest BCUT2D eigenvalue weighted by Gasteiger charge is 2.09. The molecule has 0 fully saturated rings. The number of rotatable bonds is 2. The molecule has 0 spiro atoms. The fraction of sp³-hybridized carbons (Fsp3) is 0.0833. The van der Waals surface area contributed by atoms with Crippen LogP contribution in [-0.4, -0.2) is 4.98 Å². The number of benzene rings is 1. The maximum Gasteiger partial charge on any atom is 0.213 e. The van der Waals surface area contributed by atoms with Crippen LogP contribution in [0.4, 0.5) is 8.78 Å². The van der Waals surface area contributed by atoms with E-state index in [4.69, 9.17) is 5.73 Å². The number of hydrogen-bond acceptors (Lipinski definition) is 2. The molecule has 0 saturated heterocycles. The fourth-order valence-corrected chi connectivity index (χ4v) is 1.47. The maximum atomic E-state index is 12.9. The van der Waals surface area contributed by atoms with Crippen molar-refractivity contribution in [1.29, 1.82) is 0 Å². The molecule has 0 amide bonds.